The van der Waals surface area contributed by atoms with Gasteiger partial charge in [0.15, 0.2) is 5.78 Å². The molecule has 150 valence electrons. The van der Waals surface area contributed by atoms with Crippen LogP contribution in [0.25, 0.3) is 0 Å². The highest BCUT2D eigenvalue weighted by Crippen LogP contribution is 2.27. The molecule has 0 aliphatic rings. The standard InChI is InChI=1S/C21H14ClN3O5/c22-17-10-7-13(11-18(17)25(29)30)19(26)15-3-1-2-4-16(15)21(28)24-14-8-5-12(6-9-14)20(23)27/h1-11H,(H2,23,27)(H,24,28). The number of halogens is 1. The fourth-order valence-electron chi connectivity index (χ4n) is 2.74. The number of rotatable bonds is 6. The second kappa shape index (κ2) is 8.54. The SMILES string of the molecule is NC(=O)c1ccc(NC(=O)c2ccccc2C(=O)c2ccc(Cl)c([N+](=O)[O-])c2)cc1. The highest BCUT2D eigenvalue weighted by molar-refractivity contribution is 6.33. The van der Waals surface area contributed by atoms with Crippen molar-refractivity contribution >= 4 is 40.6 Å². The first-order chi connectivity index (χ1) is 14.3. The molecule has 0 unspecified atom stereocenters. The van der Waals surface area contributed by atoms with E-state index in [9.17, 15) is 24.5 Å². The fourth-order valence-corrected chi connectivity index (χ4v) is 2.93. The monoisotopic (exact) mass is 423 g/mol. The van der Waals surface area contributed by atoms with Gasteiger partial charge in [-0.3, -0.25) is 24.5 Å². The van der Waals surface area contributed by atoms with Gasteiger partial charge in [0, 0.05) is 28.4 Å². The Balaban J connectivity index is 1.91. The van der Waals surface area contributed by atoms with Gasteiger partial charge in [0.25, 0.3) is 11.6 Å². The first-order valence-corrected chi connectivity index (χ1v) is 8.94. The van der Waals surface area contributed by atoms with E-state index in [-0.39, 0.29) is 27.3 Å². The molecule has 8 nitrogen and oxygen atoms in total. The third-order valence-corrected chi connectivity index (χ3v) is 4.57. The molecule has 0 spiro atoms. The minimum atomic E-state index is -0.687. The molecule has 0 bridgehead atoms. The number of nitrogens with two attached hydrogens (primary N) is 1. The molecule has 2 amide bonds. The number of benzene rings is 3. The maximum Gasteiger partial charge on any atom is 0.288 e. The van der Waals surface area contributed by atoms with Gasteiger partial charge >= 0.3 is 0 Å². The van der Waals surface area contributed by atoms with Gasteiger partial charge in [-0.05, 0) is 42.5 Å². The Morgan fingerprint density at radius 3 is 2.10 bits per heavy atom. The molecule has 3 N–H and O–H groups in total. The smallest absolute Gasteiger partial charge is 0.288 e. The van der Waals surface area contributed by atoms with E-state index in [1.807, 2.05) is 0 Å². The van der Waals surface area contributed by atoms with Crippen molar-refractivity contribution in [2.75, 3.05) is 5.32 Å². The normalized spacial score (nSPS) is 10.3. The number of nitro groups is 1. The zero-order chi connectivity index (χ0) is 21.8. The fraction of sp³-hybridized carbons (Fsp3) is 0. The lowest BCUT2D eigenvalue weighted by Gasteiger charge is -2.10. The van der Waals surface area contributed by atoms with Gasteiger partial charge in [-0.1, -0.05) is 29.8 Å². The number of carbonyl (C=O) groups is 3. The Kier molecular flexibility index (Phi) is 5.89. The average molecular weight is 424 g/mol. The molecule has 9 heteroatoms. The molecular weight excluding hydrogens is 410 g/mol. The Hall–Kier alpha value is -4.04. The van der Waals surface area contributed by atoms with Crippen molar-refractivity contribution in [1.82, 2.24) is 0 Å². The molecule has 3 aromatic carbocycles. The summed E-state index contributed by atoms with van der Waals surface area (Å²) in [5.74, 6) is -1.72. The molecule has 0 aromatic heterocycles. The Labute approximate surface area is 175 Å². The summed E-state index contributed by atoms with van der Waals surface area (Å²) in [7, 11) is 0. The van der Waals surface area contributed by atoms with Crippen molar-refractivity contribution in [3.63, 3.8) is 0 Å². The summed E-state index contributed by atoms with van der Waals surface area (Å²) in [5, 5.41) is 13.6. The predicted molar refractivity (Wildman–Crippen MR) is 111 cm³/mol. The summed E-state index contributed by atoms with van der Waals surface area (Å²) in [6, 6.07) is 15.7. The molecule has 0 fully saturated rings. The van der Waals surface area contributed by atoms with Crippen LogP contribution in [-0.2, 0) is 0 Å². The average Bonchev–Trinajstić information content (AvgIpc) is 2.73. The molecule has 0 atom stereocenters. The van der Waals surface area contributed by atoms with Crippen LogP contribution in [0.5, 0.6) is 0 Å². The summed E-state index contributed by atoms with van der Waals surface area (Å²) in [6.45, 7) is 0. The molecule has 0 saturated heterocycles. The van der Waals surface area contributed by atoms with Gasteiger partial charge in [-0.25, -0.2) is 0 Å². The lowest BCUT2D eigenvalue weighted by molar-refractivity contribution is -0.384. The number of primary amides is 1. The van der Waals surface area contributed by atoms with Crippen molar-refractivity contribution in [2.24, 2.45) is 5.73 Å². The van der Waals surface area contributed by atoms with Crippen molar-refractivity contribution in [2.45, 2.75) is 0 Å². The third kappa shape index (κ3) is 4.34. The molecule has 0 heterocycles. The van der Waals surface area contributed by atoms with Gasteiger partial charge < -0.3 is 11.1 Å². The number of nitrogens with one attached hydrogen (secondary N) is 1. The van der Waals surface area contributed by atoms with Crippen molar-refractivity contribution < 1.29 is 19.3 Å². The predicted octanol–water partition coefficient (Wildman–Crippen LogP) is 3.83. The Morgan fingerprint density at radius 2 is 1.50 bits per heavy atom. The lowest BCUT2D eigenvalue weighted by atomic mass is 9.97. The summed E-state index contributed by atoms with van der Waals surface area (Å²) in [5.41, 5.74) is 5.65. The van der Waals surface area contributed by atoms with E-state index in [0.29, 0.717) is 5.69 Å². The molecule has 0 aliphatic heterocycles. The van der Waals surface area contributed by atoms with Crippen LogP contribution in [0, 0.1) is 10.1 Å². The second-order valence-electron chi connectivity index (χ2n) is 6.19. The lowest BCUT2D eigenvalue weighted by Crippen LogP contribution is -2.17. The maximum absolute atomic E-state index is 12.9. The Morgan fingerprint density at radius 1 is 0.900 bits per heavy atom. The largest absolute Gasteiger partial charge is 0.366 e. The summed E-state index contributed by atoms with van der Waals surface area (Å²) in [4.78, 5) is 47.2. The quantitative estimate of drug-likeness (QED) is 0.353. The zero-order valence-electron chi connectivity index (χ0n) is 15.3. The maximum atomic E-state index is 12.9. The number of amides is 2. The van der Waals surface area contributed by atoms with Crippen LogP contribution in [-0.4, -0.2) is 22.5 Å². The van der Waals surface area contributed by atoms with Crippen LogP contribution in [0.3, 0.4) is 0 Å². The van der Waals surface area contributed by atoms with Crippen LogP contribution in [0.1, 0.15) is 36.6 Å². The summed E-state index contributed by atoms with van der Waals surface area (Å²) < 4.78 is 0. The first kappa shape index (κ1) is 20.7. The number of hydrogen-bond acceptors (Lipinski definition) is 5. The van der Waals surface area contributed by atoms with E-state index in [0.717, 1.165) is 6.07 Å². The van der Waals surface area contributed by atoms with Crippen LogP contribution in [0.2, 0.25) is 5.02 Å². The van der Waals surface area contributed by atoms with Gasteiger partial charge in [0.2, 0.25) is 5.91 Å². The second-order valence-corrected chi connectivity index (χ2v) is 6.60. The summed E-state index contributed by atoms with van der Waals surface area (Å²) in [6.07, 6.45) is 0. The van der Waals surface area contributed by atoms with Crippen LogP contribution in [0.4, 0.5) is 11.4 Å². The van der Waals surface area contributed by atoms with Gasteiger partial charge in [-0.2, -0.15) is 0 Å². The molecular formula is C21H14ClN3O5. The molecule has 30 heavy (non-hydrogen) atoms. The van der Waals surface area contributed by atoms with E-state index in [2.05, 4.69) is 5.32 Å². The minimum Gasteiger partial charge on any atom is -0.366 e. The van der Waals surface area contributed by atoms with E-state index >= 15 is 0 Å². The molecule has 0 radical (unpaired) electrons. The molecule has 3 aromatic rings. The highest BCUT2D eigenvalue weighted by atomic mass is 35.5. The van der Waals surface area contributed by atoms with Gasteiger partial charge in [0.05, 0.1) is 10.5 Å². The minimum absolute atomic E-state index is 0.0251. The third-order valence-electron chi connectivity index (χ3n) is 4.25. The van der Waals surface area contributed by atoms with E-state index in [1.165, 1.54) is 48.5 Å². The number of carbonyl (C=O) groups excluding carboxylic acids is 3. The number of anilines is 1. The van der Waals surface area contributed by atoms with Crippen LogP contribution < -0.4 is 11.1 Å². The topological polar surface area (TPSA) is 132 Å². The number of ketones is 1. The van der Waals surface area contributed by atoms with Crippen molar-refractivity contribution in [3.8, 4) is 0 Å². The van der Waals surface area contributed by atoms with E-state index in [4.69, 9.17) is 17.3 Å². The number of hydrogen-bond donors (Lipinski definition) is 2. The highest BCUT2D eigenvalue weighted by Gasteiger charge is 2.21. The van der Waals surface area contributed by atoms with Crippen molar-refractivity contribution in [1.29, 1.82) is 0 Å². The van der Waals surface area contributed by atoms with Crippen molar-refractivity contribution in [3.05, 3.63) is 104 Å². The van der Waals surface area contributed by atoms with Crippen LogP contribution >= 0.6 is 11.6 Å². The number of nitrogens with zero attached hydrogens (tertiary/aromatic N) is 1. The molecule has 0 aliphatic carbocycles. The van der Waals surface area contributed by atoms with Gasteiger partial charge in [-0.15, -0.1) is 0 Å². The summed E-state index contributed by atoms with van der Waals surface area (Å²) >= 11 is 5.80. The van der Waals surface area contributed by atoms with E-state index < -0.39 is 28.2 Å². The first-order valence-electron chi connectivity index (χ1n) is 8.57. The van der Waals surface area contributed by atoms with E-state index in [1.54, 1.807) is 12.1 Å². The molecule has 0 saturated carbocycles. The van der Waals surface area contributed by atoms with Gasteiger partial charge in [0.1, 0.15) is 5.02 Å². The number of nitro benzene ring substituents is 1. The Bertz CT molecular complexity index is 1180. The zero-order valence-corrected chi connectivity index (χ0v) is 16.1. The van der Waals surface area contributed by atoms with Crippen LogP contribution in [0.15, 0.2) is 66.7 Å². The molecule has 3 rings (SSSR count).